The molecule has 0 fully saturated rings. The van der Waals surface area contributed by atoms with Crippen molar-refractivity contribution >= 4 is 23.3 Å². The van der Waals surface area contributed by atoms with Gasteiger partial charge in [0, 0.05) is 16.9 Å². The number of anilines is 2. The summed E-state index contributed by atoms with van der Waals surface area (Å²) in [6.45, 7) is 0. The Morgan fingerprint density at radius 3 is 2.32 bits per heavy atom. The summed E-state index contributed by atoms with van der Waals surface area (Å²) in [6, 6.07) is 12.1. The van der Waals surface area contributed by atoms with Crippen molar-refractivity contribution in [2.45, 2.75) is 0 Å². The van der Waals surface area contributed by atoms with Gasteiger partial charge < -0.3 is 25.1 Å². The molecule has 0 bridgehead atoms. The van der Waals surface area contributed by atoms with Gasteiger partial charge in [-0.2, -0.15) is 0 Å². The van der Waals surface area contributed by atoms with Crippen molar-refractivity contribution in [3.63, 3.8) is 0 Å². The van der Waals surface area contributed by atoms with E-state index in [1.807, 2.05) is 0 Å². The number of hydrogen-bond donors (Lipinski definition) is 1. The third-order valence-corrected chi connectivity index (χ3v) is 2.52. The predicted molar refractivity (Wildman–Crippen MR) is 64.8 cm³/mol. The largest absolute Gasteiger partial charge is 0.545 e. The lowest BCUT2D eigenvalue weighted by Crippen LogP contribution is -2.23. The molecule has 2 aromatic rings. The first-order chi connectivity index (χ1) is 9.08. The summed E-state index contributed by atoms with van der Waals surface area (Å²) in [7, 11) is 0. The van der Waals surface area contributed by atoms with Crippen LogP contribution in [0.25, 0.3) is 0 Å². The normalized spacial score (nSPS) is 9.89. The molecule has 0 atom stereocenters. The third-order valence-electron chi connectivity index (χ3n) is 2.52. The Morgan fingerprint density at radius 2 is 1.63 bits per heavy atom. The molecule has 0 radical (unpaired) electrons. The first-order valence-corrected chi connectivity index (χ1v) is 5.47. The lowest BCUT2D eigenvalue weighted by Gasteiger charge is -2.13. The molecule has 0 spiro atoms. The number of carbonyl (C=O) groups is 2. The van der Waals surface area contributed by atoms with Gasteiger partial charge in [0.15, 0.2) is 0 Å². The van der Waals surface area contributed by atoms with Gasteiger partial charge in [-0.3, -0.25) is 0 Å². The van der Waals surface area contributed by atoms with Gasteiger partial charge in [0.05, 0.1) is 11.9 Å². The van der Waals surface area contributed by atoms with Crippen LogP contribution in [0.5, 0.6) is 0 Å². The van der Waals surface area contributed by atoms with Crippen molar-refractivity contribution in [3.8, 4) is 0 Å². The highest BCUT2D eigenvalue weighted by Gasteiger charge is 2.03. The van der Waals surface area contributed by atoms with Gasteiger partial charge in [-0.05, 0) is 23.8 Å². The molecule has 5 nitrogen and oxygen atoms in total. The SMILES string of the molecule is O=C([O-])c1cccc(Nc2ccccc2C(=O)[O-])c1. The molecule has 0 unspecified atom stereocenters. The maximum absolute atomic E-state index is 10.9. The summed E-state index contributed by atoms with van der Waals surface area (Å²) in [5.41, 5.74) is 0.797. The zero-order valence-corrected chi connectivity index (χ0v) is 9.75. The second-order valence-corrected chi connectivity index (χ2v) is 3.83. The average Bonchev–Trinajstić information content (AvgIpc) is 2.39. The maximum atomic E-state index is 10.9. The van der Waals surface area contributed by atoms with Crippen LogP contribution in [0.3, 0.4) is 0 Å². The van der Waals surface area contributed by atoms with Crippen LogP contribution in [-0.4, -0.2) is 11.9 Å². The summed E-state index contributed by atoms with van der Waals surface area (Å²) < 4.78 is 0. The Bertz CT molecular complexity index is 637. The molecule has 19 heavy (non-hydrogen) atoms. The Balaban J connectivity index is 2.34. The van der Waals surface area contributed by atoms with E-state index in [1.165, 1.54) is 24.3 Å². The number of para-hydroxylation sites is 1. The van der Waals surface area contributed by atoms with Crippen molar-refractivity contribution in [1.29, 1.82) is 0 Å². The predicted octanol–water partition coefficient (Wildman–Crippen LogP) is 0.157. The summed E-state index contributed by atoms with van der Waals surface area (Å²) >= 11 is 0. The van der Waals surface area contributed by atoms with E-state index in [0.29, 0.717) is 11.4 Å². The van der Waals surface area contributed by atoms with Crippen molar-refractivity contribution in [3.05, 3.63) is 59.7 Å². The van der Waals surface area contributed by atoms with E-state index in [0.717, 1.165) is 0 Å². The molecule has 0 amide bonds. The van der Waals surface area contributed by atoms with E-state index in [2.05, 4.69) is 5.32 Å². The molecule has 0 aliphatic carbocycles. The number of benzene rings is 2. The fraction of sp³-hybridized carbons (Fsp3) is 0. The summed E-state index contributed by atoms with van der Waals surface area (Å²) in [6.07, 6.45) is 0. The minimum absolute atomic E-state index is 0.00125. The van der Waals surface area contributed by atoms with Crippen molar-refractivity contribution in [2.75, 3.05) is 5.32 Å². The molecule has 0 saturated carbocycles. The highest BCUT2D eigenvalue weighted by molar-refractivity contribution is 5.94. The minimum Gasteiger partial charge on any atom is -0.545 e. The van der Waals surface area contributed by atoms with Gasteiger partial charge in [-0.25, -0.2) is 0 Å². The summed E-state index contributed by atoms with van der Waals surface area (Å²) in [4.78, 5) is 21.7. The monoisotopic (exact) mass is 255 g/mol. The van der Waals surface area contributed by atoms with Crippen LogP contribution in [0.4, 0.5) is 11.4 Å². The Hall–Kier alpha value is -2.82. The Labute approximate surface area is 109 Å². The average molecular weight is 255 g/mol. The molecule has 1 N–H and O–H groups in total. The van der Waals surface area contributed by atoms with Gasteiger partial charge in [0.1, 0.15) is 0 Å². The van der Waals surface area contributed by atoms with Crippen LogP contribution in [0, 0.1) is 0 Å². The van der Waals surface area contributed by atoms with Crippen molar-refractivity contribution < 1.29 is 19.8 Å². The fourth-order valence-corrected chi connectivity index (χ4v) is 1.65. The molecular formula is C14H9NO4-2. The van der Waals surface area contributed by atoms with E-state index in [1.54, 1.807) is 24.3 Å². The molecule has 0 heterocycles. The first-order valence-electron chi connectivity index (χ1n) is 5.47. The molecule has 5 heteroatoms. The minimum atomic E-state index is -1.31. The van der Waals surface area contributed by atoms with Gasteiger partial charge >= 0.3 is 0 Å². The topological polar surface area (TPSA) is 92.3 Å². The fourth-order valence-electron chi connectivity index (χ4n) is 1.65. The zero-order valence-electron chi connectivity index (χ0n) is 9.75. The van der Waals surface area contributed by atoms with Gasteiger partial charge in [0.25, 0.3) is 0 Å². The van der Waals surface area contributed by atoms with Gasteiger partial charge in [0.2, 0.25) is 0 Å². The van der Waals surface area contributed by atoms with Crippen LogP contribution >= 0.6 is 0 Å². The van der Waals surface area contributed by atoms with Crippen molar-refractivity contribution in [2.24, 2.45) is 0 Å². The number of rotatable bonds is 4. The number of carbonyl (C=O) groups excluding carboxylic acids is 2. The highest BCUT2D eigenvalue weighted by atomic mass is 16.4. The molecule has 0 saturated heterocycles. The van der Waals surface area contributed by atoms with Crippen LogP contribution in [-0.2, 0) is 0 Å². The molecule has 2 rings (SSSR count). The summed E-state index contributed by atoms with van der Waals surface area (Å²) in [5, 5.41) is 24.5. The number of hydrogen-bond acceptors (Lipinski definition) is 5. The van der Waals surface area contributed by atoms with E-state index in [4.69, 9.17) is 0 Å². The molecular weight excluding hydrogens is 246 g/mol. The number of carboxylic acids is 2. The van der Waals surface area contributed by atoms with Crippen molar-refractivity contribution in [1.82, 2.24) is 0 Å². The van der Waals surface area contributed by atoms with Crippen LogP contribution in [0.2, 0.25) is 0 Å². The highest BCUT2D eigenvalue weighted by Crippen LogP contribution is 2.21. The molecule has 96 valence electrons. The van der Waals surface area contributed by atoms with Gasteiger partial charge in [-0.15, -0.1) is 0 Å². The summed E-state index contributed by atoms with van der Waals surface area (Å²) in [5.74, 6) is -2.60. The van der Waals surface area contributed by atoms with Gasteiger partial charge in [-0.1, -0.05) is 30.3 Å². The molecule has 0 aromatic heterocycles. The quantitative estimate of drug-likeness (QED) is 0.839. The third kappa shape index (κ3) is 2.90. The second-order valence-electron chi connectivity index (χ2n) is 3.83. The second kappa shape index (κ2) is 5.22. The lowest BCUT2D eigenvalue weighted by atomic mass is 10.1. The van der Waals surface area contributed by atoms with Crippen LogP contribution in [0.15, 0.2) is 48.5 Å². The maximum Gasteiger partial charge on any atom is 0.0736 e. The Kier molecular flexibility index (Phi) is 3.47. The van der Waals surface area contributed by atoms with Crippen LogP contribution in [0.1, 0.15) is 20.7 Å². The smallest absolute Gasteiger partial charge is 0.0736 e. The number of nitrogens with one attached hydrogen (secondary N) is 1. The number of carboxylic acid groups (broad SMARTS) is 2. The van der Waals surface area contributed by atoms with E-state index < -0.39 is 11.9 Å². The standard InChI is InChI=1S/C14H11NO4/c16-13(17)9-4-3-5-10(8-9)15-12-7-2-1-6-11(12)14(18)19/h1-8,15H,(H,16,17)(H,18,19)/p-2. The lowest BCUT2D eigenvalue weighted by molar-refractivity contribution is -0.256. The number of aromatic carboxylic acids is 2. The van der Waals surface area contributed by atoms with E-state index in [9.17, 15) is 19.8 Å². The van der Waals surface area contributed by atoms with E-state index in [-0.39, 0.29) is 11.1 Å². The zero-order chi connectivity index (χ0) is 13.8. The van der Waals surface area contributed by atoms with Crippen LogP contribution < -0.4 is 15.5 Å². The first kappa shape index (κ1) is 12.6. The Morgan fingerprint density at radius 1 is 0.895 bits per heavy atom. The molecule has 0 aliphatic rings. The molecule has 2 aromatic carbocycles. The van der Waals surface area contributed by atoms with E-state index >= 15 is 0 Å². The molecule has 0 aliphatic heterocycles.